The molecule has 0 aromatic carbocycles. The van der Waals surface area contributed by atoms with Crippen molar-refractivity contribution in [1.29, 1.82) is 5.26 Å². The number of amides is 1. The molecule has 1 atom stereocenters. The summed E-state index contributed by atoms with van der Waals surface area (Å²) in [7, 11) is 2.08. The van der Waals surface area contributed by atoms with Crippen LogP contribution in [0.15, 0.2) is 0 Å². The fourth-order valence-electron chi connectivity index (χ4n) is 1.77. The van der Waals surface area contributed by atoms with Gasteiger partial charge in [0.1, 0.15) is 6.42 Å². The summed E-state index contributed by atoms with van der Waals surface area (Å²) < 4.78 is 0. The summed E-state index contributed by atoms with van der Waals surface area (Å²) in [5.41, 5.74) is 0. The normalized spacial score (nSPS) is 22.7. The average molecular weight is 195 g/mol. The summed E-state index contributed by atoms with van der Waals surface area (Å²) in [6.45, 7) is 1.79. The van der Waals surface area contributed by atoms with E-state index in [1.165, 1.54) is 12.8 Å². The van der Waals surface area contributed by atoms with Crippen LogP contribution in [0.5, 0.6) is 0 Å². The third-order valence-electron chi connectivity index (χ3n) is 2.70. The van der Waals surface area contributed by atoms with Crippen molar-refractivity contribution >= 4 is 5.91 Å². The molecule has 78 valence electrons. The number of carbonyl (C=O) groups excluding carboxylic acids is 1. The number of likely N-dealkylation sites (N-methyl/N-ethyl adjacent to an activating group) is 1. The minimum Gasteiger partial charge on any atom is -0.354 e. The van der Waals surface area contributed by atoms with Crippen LogP contribution in [0.3, 0.4) is 0 Å². The highest BCUT2D eigenvalue weighted by Crippen LogP contribution is 2.13. The van der Waals surface area contributed by atoms with E-state index >= 15 is 0 Å². The van der Waals surface area contributed by atoms with Crippen molar-refractivity contribution in [2.24, 2.45) is 0 Å². The minimum absolute atomic E-state index is 0.0313. The molecule has 1 N–H and O–H groups in total. The zero-order chi connectivity index (χ0) is 10.4. The van der Waals surface area contributed by atoms with E-state index in [1.54, 1.807) is 0 Å². The van der Waals surface area contributed by atoms with Crippen LogP contribution in [0, 0.1) is 11.3 Å². The van der Waals surface area contributed by atoms with Crippen molar-refractivity contribution in [3.8, 4) is 6.07 Å². The van der Waals surface area contributed by atoms with Gasteiger partial charge in [-0.1, -0.05) is 6.42 Å². The first-order chi connectivity index (χ1) is 6.74. The Balaban J connectivity index is 2.23. The maximum absolute atomic E-state index is 11.0. The Labute approximate surface area is 84.9 Å². The number of rotatable bonds is 3. The molecule has 4 heteroatoms. The van der Waals surface area contributed by atoms with Crippen molar-refractivity contribution < 1.29 is 4.79 Å². The van der Waals surface area contributed by atoms with E-state index in [2.05, 4.69) is 17.3 Å². The first-order valence-corrected chi connectivity index (χ1v) is 5.08. The lowest BCUT2D eigenvalue weighted by Gasteiger charge is -2.32. The van der Waals surface area contributed by atoms with Crippen LogP contribution in [-0.2, 0) is 4.79 Å². The first-order valence-electron chi connectivity index (χ1n) is 5.08. The molecule has 0 aromatic heterocycles. The van der Waals surface area contributed by atoms with Crippen LogP contribution in [0.1, 0.15) is 25.7 Å². The van der Waals surface area contributed by atoms with E-state index in [9.17, 15) is 4.79 Å². The van der Waals surface area contributed by atoms with E-state index in [1.807, 2.05) is 6.07 Å². The fourth-order valence-corrected chi connectivity index (χ4v) is 1.77. The molecule has 1 aliphatic heterocycles. The van der Waals surface area contributed by atoms with E-state index in [-0.39, 0.29) is 12.3 Å². The predicted molar refractivity (Wildman–Crippen MR) is 53.5 cm³/mol. The zero-order valence-electron chi connectivity index (χ0n) is 8.62. The molecule has 0 radical (unpaired) electrons. The number of likely N-dealkylation sites (tertiary alicyclic amines) is 1. The van der Waals surface area contributed by atoms with Gasteiger partial charge in [0.25, 0.3) is 0 Å². The van der Waals surface area contributed by atoms with Gasteiger partial charge in [0.2, 0.25) is 5.91 Å². The summed E-state index contributed by atoms with van der Waals surface area (Å²) in [4.78, 5) is 13.3. The van der Waals surface area contributed by atoms with Gasteiger partial charge in [-0.25, -0.2) is 0 Å². The molecule has 1 amide bonds. The number of carbonyl (C=O) groups is 1. The molecule has 4 nitrogen and oxygen atoms in total. The first kappa shape index (κ1) is 11.0. The van der Waals surface area contributed by atoms with Gasteiger partial charge >= 0.3 is 0 Å². The molecule has 1 fully saturated rings. The van der Waals surface area contributed by atoms with Gasteiger partial charge in [-0.15, -0.1) is 0 Å². The molecule has 0 spiro atoms. The second-order valence-corrected chi connectivity index (χ2v) is 3.77. The topological polar surface area (TPSA) is 56.1 Å². The van der Waals surface area contributed by atoms with Crippen molar-refractivity contribution in [2.75, 3.05) is 20.1 Å². The van der Waals surface area contributed by atoms with Gasteiger partial charge in [0, 0.05) is 12.6 Å². The van der Waals surface area contributed by atoms with Crippen LogP contribution in [0.2, 0.25) is 0 Å². The molecule has 1 saturated heterocycles. The maximum Gasteiger partial charge on any atom is 0.234 e. The Morgan fingerprint density at radius 1 is 1.64 bits per heavy atom. The summed E-state index contributed by atoms with van der Waals surface area (Å²) in [5, 5.41) is 11.1. The van der Waals surface area contributed by atoms with E-state index in [4.69, 9.17) is 5.26 Å². The Bertz CT molecular complexity index is 234. The lowest BCUT2D eigenvalue weighted by atomic mass is 10.0. The maximum atomic E-state index is 11.0. The molecule has 0 aromatic rings. The van der Waals surface area contributed by atoms with Crippen molar-refractivity contribution in [3.05, 3.63) is 0 Å². The monoisotopic (exact) mass is 195 g/mol. The van der Waals surface area contributed by atoms with Crippen LogP contribution < -0.4 is 5.32 Å². The van der Waals surface area contributed by atoms with Crippen molar-refractivity contribution in [1.82, 2.24) is 10.2 Å². The van der Waals surface area contributed by atoms with E-state index in [0.717, 1.165) is 13.0 Å². The average Bonchev–Trinajstić information content (AvgIpc) is 2.17. The van der Waals surface area contributed by atoms with Gasteiger partial charge < -0.3 is 10.2 Å². The SMILES string of the molecule is CN1CCCCC1CNC(=O)CC#N. The molecular weight excluding hydrogens is 178 g/mol. The summed E-state index contributed by atoms with van der Waals surface area (Å²) in [6, 6.07) is 2.29. The van der Waals surface area contributed by atoms with Crippen LogP contribution >= 0.6 is 0 Å². The third-order valence-corrected chi connectivity index (χ3v) is 2.70. The molecule has 0 saturated carbocycles. The molecule has 1 unspecified atom stereocenters. The number of hydrogen-bond donors (Lipinski definition) is 1. The number of nitriles is 1. The lowest BCUT2D eigenvalue weighted by Crippen LogP contribution is -2.44. The van der Waals surface area contributed by atoms with Gasteiger partial charge in [0.05, 0.1) is 6.07 Å². The van der Waals surface area contributed by atoms with Crippen LogP contribution in [0.4, 0.5) is 0 Å². The highest BCUT2D eigenvalue weighted by molar-refractivity contribution is 5.77. The molecule has 1 rings (SSSR count). The Morgan fingerprint density at radius 2 is 2.43 bits per heavy atom. The summed E-state index contributed by atoms with van der Waals surface area (Å²) >= 11 is 0. The molecule has 1 heterocycles. The van der Waals surface area contributed by atoms with E-state index in [0.29, 0.717) is 12.6 Å². The predicted octanol–water partition coefficient (Wildman–Crippen LogP) is 0.501. The van der Waals surface area contributed by atoms with Crippen molar-refractivity contribution in [3.63, 3.8) is 0 Å². The quantitative estimate of drug-likeness (QED) is 0.713. The second kappa shape index (κ2) is 5.61. The fraction of sp³-hybridized carbons (Fsp3) is 0.800. The zero-order valence-corrected chi connectivity index (χ0v) is 8.62. The number of nitrogens with one attached hydrogen (secondary N) is 1. The minimum atomic E-state index is -0.161. The Hall–Kier alpha value is -1.08. The third kappa shape index (κ3) is 3.35. The van der Waals surface area contributed by atoms with E-state index < -0.39 is 0 Å². The largest absolute Gasteiger partial charge is 0.354 e. The molecule has 14 heavy (non-hydrogen) atoms. The molecule has 0 aliphatic carbocycles. The van der Waals surface area contributed by atoms with Gasteiger partial charge in [-0.05, 0) is 26.4 Å². The summed E-state index contributed by atoms with van der Waals surface area (Å²) in [6.07, 6.45) is 3.60. The highest BCUT2D eigenvalue weighted by atomic mass is 16.1. The van der Waals surface area contributed by atoms with Gasteiger partial charge in [-0.2, -0.15) is 5.26 Å². The summed E-state index contributed by atoms with van der Waals surface area (Å²) in [5.74, 6) is -0.161. The molecule has 0 bridgehead atoms. The van der Waals surface area contributed by atoms with Crippen molar-refractivity contribution in [2.45, 2.75) is 31.7 Å². The Morgan fingerprint density at radius 3 is 3.07 bits per heavy atom. The van der Waals surface area contributed by atoms with Crippen LogP contribution in [0.25, 0.3) is 0 Å². The lowest BCUT2D eigenvalue weighted by molar-refractivity contribution is -0.120. The Kier molecular flexibility index (Phi) is 4.41. The molecular formula is C10H17N3O. The molecule has 1 aliphatic rings. The number of piperidine rings is 1. The highest BCUT2D eigenvalue weighted by Gasteiger charge is 2.18. The second-order valence-electron chi connectivity index (χ2n) is 3.77. The van der Waals surface area contributed by atoms with Gasteiger partial charge in [-0.3, -0.25) is 4.79 Å². The standard InChI is InChI=1S/C10H17N3O/c1-13-7-3-2-4-9(13)8-12-10(14)5-6-11/h9H,2-5,7-8H2,1H3,(H,12,14). The van der Waals surface area contributed by atoms with Crippen LogP contribution in [-0.4, -0.2) is 37.0 Å². The number of nitrogens with zero attached hydrogens (tertiary/aromatic N) is 2. The smallest absolute Gasteiger partial charge is 0.234 e. The number of hydrogen-bond acceptors (Lipinski definition) is 3. The van der Waals surface area contributed by atoms with Gasteiger partial charge in [0.15, 0.2) is 0 Å².